The molecule has 3 heterocycles. The first-order chi connectivity index (χ1) is 20.1. The molecule has 2 N–H and O–H groups in total. The number of hydrogen-bond acceptors (Lipinski definition) is 7. The lowest BCUT2D eigenvalue weighted by molar-refractivity contribution is -0.137. The predicted octanol–water partition coefficient (Wildman–Crippen LogP) is 5.60. The zero-order chi connectivity index (χ0) is 29.6. The van der Waals surface area contributed by atoms with Crippen molar-refractivity contribution in [3.05, 3.63) is 115 Å². The number of hydrogen-bond donors (Lipinski definition) is 2. The standard InChI is InChI=1S/C30H25Cl2FN4O4S/c1-29(40,25-14-42-16-36-25)19-10-23-26(24(33)11-19)30(18-4-6-20(31)7-5-18,41-15-35-27(38)17-2-3-17)37(28(23)39)13-22-9-8-21(32)12-34-22/h4-12,14,16-17,40H,2-3,13,15H2,1H3,(H,35,38)/t29?,30-/m1/s1. The van der Waals surface area contributed by atoms with Gasteiger partial charge in [0.1, 0.15) is 18.1 Å². The van der Waals surface area contributed by atoms with Gasteiger partial charge in [-0.2, -0.15) is 0 Å². The molecule has 216 valence electrons. The van der Waals surface area contributed by atoms with Gasteiger partial charge in [-0.1, -0.05) is 35.3 Å². The van der Waals surface area contributed by atoms with Gasteiger partial charge in [0.2, 0.25) is 11.6 Å². The van der Waals surface area contributed by atoms with E-state index in [1.807, 2.05) is 0 Å². The summed E-state index contributed by atoms with van der Waals surface area (Å²) in [6.07, 6.45) is 3.04. The van der Waals surface area contributed by atoms with Gasteiger partial charge in [-0.25, -0.2) is 9.37 Å². The van der Waals surface area contributed by atoms with Crippen molar-refractivity contribution >= 4 is 46.4 Å². The van der Waals surface area contributed by atoms with Gasteiger partial charge in [-0.3, -0.25) is 19.5 Å². The number of ether oxygens (including phenoxy) is 1. The Morgan fingerprint density at radius 2 is 1.93 bits per heavy atom. The van der Waals surface area contributed by atoms with Crippen LogP contribution in [0.15, 0.2) is 65.6 Å². The van der Waals surface area contributed by atoms with Crippen molar-refractivity contribution in [2.75, 3.05) is 6.73 Å². The third-order valence-electron chi connectivity index (χ3n) is 7.60. The Balaban J connectivity index is 1.52. The van der Waals surface area contributed by atoms with Crippen molar-refractivity contribution in [3.63, 3.8) is 0 Å². The van der Waals surface area contributed by atoms with Crippen molar-refractivity contribution in [2.24, 2.45) is 5.92 Å². The molecule has 0 saturated heterocycles. The number of thiazole rings is 1. The quantitative estimate of drug-likeness (QED) is 0.234. The number of benzene rings is 2. The highest BCUT2D eigenvalue weighted by molar-refractivity contribution is 7.07. The number of rotatable bonds is 9. The van der Waals surface area contributed by atoms with E-state index in [-0.39, 0.29) is 41.8 Å². The fourth-order valence-corrected chi connectivity index (χ4v) is 6.07. The van der Waals surface area contributed by atoms with Gasteiger partial charge in [-0.05, 0) is 61.7 Å². The molecule has 0 bridgehead atoms. The molecule has 42 heavy (non-hydrogen) atoms. The second kappa shape index (κ2) is 11.0. The molecule has 2 aromatic heterocycles. The van der Waals surface area contributed by atoms with Crippen LogP contribution in [0.4, 0.5) is 4.39 Å². The molecule has 0 spiro atoms. The SMILES string of the molecule is CC(O)(c1cc(F)c2c(c1)C(=O)N(Cc1ccc(Cl)cn1)[C@@]2(OCNC(=O)C1CC1)c1ccc(Cl)cc1)c1cscn1. The molecule has 8 nitrogen and oxygen atoms in total. The maximum atomic E-state index is 16.5. The lowest BCUT2D eigenvalue weighted by atomic mass is 9.87. The second-order valence-electron chi connectivity index (χ2n) is 10.4. The van der Waals surface area contributed by atoms with E-state index in [0.717, 1.165) is 12.8 Å². The monoisotopic (exact) mass is 626 g/mol. The van der Waals surface area contributed by atoms with Crippen LogP contribution in [0.2, 0.25) is 10.0 Å². The Morgan fingerprint density at radius 3 is 2.57 bits per heavy atom. The molecule has 4 aromatic rings. The van der Waals surface area contributed by atoms with Gasteiger partial charge < -0.3 is 15.2 Å². The van der Waals surface area contributed by atoms with Crippen molar-refractivity contribution in [3.8, 4) is 0 Å². The third kappa shape index (κ3) is 5.07. The van der Waals surface area contributed by atoms with E-state index >= 15 is 4.39 Å². The number of nitrogens with zero attached hydrogens (tertiary/aromatic N) is 3. The summed E-state index contributed by atoms with van der Waals surface area (Å²) in [6, 6.07) is 12.5. The van der Waals surface area contributed by atoms with E-state index in [4.69, 9.17) is 27.9 Å². The van der Waals surface area contributed by atoms with E-state index in [1.165, 1.54) is 41.5 Å². The Hall–Kier alpha value is -3.41. The van der Waals surface area contributed by atoms with Crippen LogP contribution in [-0.2, 0) is 27.4 Å². The molecule has 12 heteroatoms. The minimum absolute atomic E-state index is 0.00191. The van der Waals surface area contributed by atoms with E-state index in [2.05, 4.69) is 15.3 Å². The first-order valence-electron chi connectivity index (χ1n) is 13.2. The van der Waals surface area contributed by atoms with Gasteiger partial charge in [0.25, 0.3) is 5.91 Å². The van der Waals surface area contributed by atoms with Gasteiger partial charge in [0.15, 0.2) is 0 Å². The molecule has 1 aliphatic heterocycles. The molecule has 2 aliphatic rings. The van der Waals surface area contributed by atoms with Gasteiger partial charge in [-0.15, -0.1) is 11.3 Å². The number of aromatic nitrogens is 2. The number of aliphatic hydroxyl groups is 1. The molecule has 1 unspecified atom stereocenters. The molecule has 2 atom stereocenters. The predicted molar refractivity (Wildman–Crippen MR) is 155 cm³/mol. The topological polar surface area (TPSA) is 105 Å². The summed E-state index contributed by atoms with van der Waals surface area (Å²) >= 11 is 13.5. The van der Waals surface area contributed by atoms with E-state index in [9.17, 15) is 14.7 Å². The molecule has 0 radical (unpaired) electrons. The van der Waals surface area contributed by atoms with Gasteiger partial charge >= 0.3 is 0 Å². The molecule has 2 aromatic carbocycles. The zero-order valence-corrected chi connectivity index (χ0v) is 24.6. The molecule has 6 rings (SSSR count). The highest BCUT2D eigenvalue weighted by Crippen LogP contribution is 2.49. The van der Waals surface area contributed by atoms with Crippen LogP contribution < -0.4 is 5.32 Å². The van der Waals surface area contributed by atoms with Crippen molar-refractivity contribution in [1.29, 1.82) is 0 Å². The van der Waals surface area contributed by atoms with E-state index < -0.39 is 23.1 Å². The average molecular weight is 628 g/mol. The molecule has 2 amide bonds. The van der Waals surface area contributed by atoms with E-state index in [1.54, 1.807) is 47.3 Å². The minimum Gasteiger partial charge on any atom is -0.379 e. The summed E-state index contributed by atoms with van der Waals surface area (Å²) < 4.78 is 22.9. The summed E-state index contributed by atoms with van der Waals surface area (Å²) in [5.41, 5.74) is -0.631. The first-order valence-corrected chi connectivity index (χ1v) is 14.9. The maximum absolute atomic E-state index is 16.5. The maximum Gasteiger partial charge on any atom is 0.257 e. The van der Waals surface area contributed by atoms with Crippen LogP contribution in [0.3, 0.4) is 0 Å². The number of pyridine rings is 1. The van der Waals surface area contributed by atoms with Gasteiger partial charge in [0, 0.05) is 28.1 Å². The third-order valence-corrected chi connectivity index (χ3v) is 8.66. The van der Waals surface area contributed by atoms with Crippen LogP contribution in [0.1, 0.15) is 58.2 Å². The van der Waals surface area contributed by atoms with Crippen molar-refractivity contribution in [2.45, 2.75) is 37.6 Å². The molecular weight excluding hydrogens is 602 g/mol. The molecular formula is C30H25Cl2FN4O4S. The van der Waals surface area contributed by atoms with Crippen LogP contribution in [0.5, 0.6) is 0 Å². The summed E-state index contributed by atoms with van der Waals surface area (Å²) in [4.78, 5) is 36.7. The number of carbonyl (C=O) groups excluding carboxylic acids is 2. The fourth-order valence-electron chi connectivity index (χ4n) is 5.18. The van der Waals surface area contributed by atoms with Crippen LogP contribution in [0.25, 0.3) is 0 Å². The normalized spacial score (nSPS) is 19.5. The second-order valence-corrected chi connectivity index (χ2v) is 12.0. The average Bonchev–Trinajstić information content (AvgIpc) is 3.61. The summed E-state index contributed by atoms with van der Waals surface area (Å²) in [5, 5.41) is 16.7. The Morgan fingerprint density at radius 1 is 1.19 bits per heavy atom. The van der Waals surface area contributed by atoms with Crippen molar-refractivity contribution in [1.82, 2.24) is 20.2 Å². The lowest BCUT2D eigenvalue weighted by Crippen LogP contribution is -2.49. The molecule has 1 saturated carbocycles. The number of amides is 2. The van der Waals surface area contributed by atoms with Crippen LogP contribution in [0, 0.1) is 11.7 Å². The molecule has 1 fully saturated rings. The lowest BCUT2D eigenvalue weighted by Gasteiger charge is -2.39. The Bertz CT molecular complexity index is 1650. The number of carbonyl (C=O) groups is 2. The first kappa shape index (κ1) is 28.7. The van der Waals surface area contributed by atoms with E-state index in [0.29, 0.717) is 27.0 Å². The highest BCUT2D eigenvalue weighted by atomic mass is 35.5. The smallest absolute Gasteiger partial charge is 0.257 e. The Kier molecular flexibility index (Phi) is 7.53. The zero-order valence-electron chi connectivity index (χ0n) is 22.3. The summed E-state index contributed by atoms with van der Waals surface area (Å²) in [7, 11) is 0. The number of nitrogens with one attached hydrogen (secondary N) is 1. The highest BCUT2D eigenvalue weighted by Gasteiger charge is 2.55. The molecule has 1 aliphatic carbocycles. The Labute approximate surface area is 255 Å². The van der Waals surface area contributed by atoms with Gasteiger partial charge in [0.05, 0.1) is 39.6 Å². The summed E-state index contributed by atoms with van der Waals surface area (Å²) in [5.74, 6) is -1.59. The van der Waals surface area contributed by atoms with Crippen LogP contribution >= 0.6 is 34.5 Å². The minimum atomic E-state index is -1.82. The largest absolute Gasteiger partial charge is 0.379 e. The number of halogens is 3. The summed E-state index contributed by atoms with van der Waals surface area (Å²) in [6.45, 7) is 1.11. The van der Waals surface area contributed by atoms with Crippen molar-refractivity contribution < 1.29 is 23.8 Å². The fraction of sp³-hybridized carbons (Fsp3) is 0.267. The van der Waals surface area contributed by atoms with Crippen LogP contribution in [-0.4, -0.2) is 38.5 Å². The number of fused-ring (bicyclic) bond motifs is 1.